The van der Waals surface area contributed by atoms with Gasteiger partial charge in [-0.25, -0.2) is 0 Å². The van der Waals surface area contributed by atoms with Crippen molar-refractivity contribution in [3.8, 4) is 5.75 Å². The molecule has 1 fully saturated rings. The Balaban J connectivity index is 1.86. The molecule has 1 unspecified atom stereocenters. The number of likely N-dealkylation sites (tertiary alicyclic amines) is 1. The number of benzene rings is 1. The third kappa shape index (κ3) is 6.38. The fourth-order valence-corrected chi connectivity index (χ4v) is 2.88. The maximum absolute atomic E-state index is 12.4. The van der Waals surface area contributed by atoms with Crippen molar-refractivity contribution in [3.05, 3.63) is 29.8 Å². The highest BCUT2D eigenvalue weighted by molar-refractivity contribution is 5.94. The van der Waals surface area contributed by atoms with Crippen LogP contribution >= 0.6 is 0 Å². The van der Waals surface area contributed by atoms with Gasteiger partial charge in [-0.15, -0.1) is 0 Å². The minimum atomic E-state index is -0.120. The van der Waals surface area contributed by atoms with Gasteiger partial charge >= 0.3 is 0 Å². The number of nitrogens with zero attached hydrogens (tertiary/aromatic N) is 2. The third-order valence-corrected chi connectivity index (χ3v) is 4.32. The lowest BCUT2D eigenvalue weighted by Gasteiger charge is -2.29. The molecule has 1 N–H and O–H groups in total. The lowest BCUT2D eigenvalue weighted by Crippen LogP contribution is -2.43. The average molecular weight is 347 g/mol. The summed E-state index contributed by atoms with van der Waals surface area (Å²) in [4.78, 5) is 27.9. The van der Waals surface area contributed by atoms with Crippen LogP contribution in [0.15, 0.2) is 24.3 Å². The monoisotopic (exact) mass is 347 g/mol. The fraction of sp³-hybridized carbons (Fsp3) is 0.579. The molecule has 2 amide bonds. The second kappa shape index (κ2) is 9.42. The van der Waals surface area contributed by atoms with E-state index < -0.39 is 0 Å². The molecular formula is C19H29N3O3. The Hall–Kier alpha value is -2.08. The van der Waals surface area contributed by atoms with Gasteiger partial charge < -0.3 is 19.9 Å². The maximum Gasteiger partial charge on any atom is 0.259 e. The smallest absolute Gasteiger partial charge is 0.259 e. The molecule has 1 aromatic carbocycles. The molecule has 0 saturated carbocycles. The van der Waals surface area contributed by atoms with Crippen LogP contribution in [0.4, 0.5) is 0 Å². The third-order valence-electron chi connectivity index (χ3n) is 4.32. The molecule has 1 aromatic rings. The molecule has 1 heterocycles. The minimum absolute atomic E-state index is 0.0383. The van der Waals surface area contributed by atoms with E-state index in [4.69, 9.17) is 4.74 Å². The molecule has 6 nitrogen and oxygen atoms in total. The minimum Gasteiger partial charge on any atom is -0.484 e. The zero-order chi connectivity index (χ0) is 18.2. The highest BCUT2D eigenvalue weighted by atomic mass is 16.5. The van der Waals surface area contributed by atoms with E-state index in [0.717, 1.165) is 19.6 Å². The van der Waals surface area contributed by atoms with Crippen molar-refractivity contribution in [1.29, 1.82) is 0 Å². The van der Waals surface area contributed by atoms with Crippen molar-refractivity contribution < 1.29 is 14.3 Å². The van der Waals surface area contributed by atoms with Gasteiger partial charge in [0.15, 0.2) is 6.61 Å². The molecule has 2 rings (SSSR count). The van der Waals surface area contributed by atoms with Crippen LogP contribution in [0, 0.1) is 0 Å². The molecule has 0 aliphatic carbocycles. The fourth-order valence-electron chi connectivity index (χ4n) is 2.88. The Kier molecular flexibility index (Phi) is 7.25. The molecule has 25 heavy (non-hydrogen) atoms. The first-order valence-electron chi connectivity index (χ1n) is 8.92. The van der Waals surface area contributed by atoms with Crippen LogP contribution in [0.25, 0.3) is 0 Å². The van der Waals surface area contributed by atoms with Gasteiger partial charge in [-0.2, -0.15) is 0 Å². The molecule has 0 spiro atoms. The quantitative estimate of drug-likeness (QED) is 0.816. The summed E-state index contributed by atoms with van der Waals surface area (Å²) in [5.41, 5.74) is 0.542. The molecule has 1 atom stereocenters. The van der Waals surface area contributed by atoms with Gasteiger partial charge in [0.25, 0.3) is 11.8 Å². The number of carbonyl (C=O) groups excluding carboxylic acids is 2. The SMILES string of the molecule is CC(CN1CCCCC1)NC(=O)c1cccc(OCC(=O)N(C)C)c1. The first-order valence-corrected chi connectivity index (χ1v) is 8.92. The first kappa shape index (κ1) is 19.2. The van der Waals surface area contributed by atoms with E-state index >= 15 is 0 Å². The van der Waals surface area contributed by atoms with Crippen LogP contribution in [-0.4, -0.2) is 68.0 Å². The van der Waals surface area contributed by atoms with Crippen molar-refractivity contribution in [2.45, 2.75) is 32.2 Å². The van der Waals surface area contributed by atoms with E-state index in [1.807, 2.05) is 6.92 Å². The summed E-state index contributed by atoms with van der Waals surface area (Å²) in [7, 11) is 3.36. The van der Waals surface area contributed by atoms with Gasteiger partial charge in [0.05, 0.1) is 0 Å². The maximum atomic E-state index is 12.4. The van der Waals surface area contributed by atoms with Gasteiger partial charge in [-0.3, -0.25) is 9.59 Å². The average Bonchev–Trinajstić information content (AvgIpc) is 2.60. The van der Waals surface area contributed by atoms with Crippen molar-refractivity contribution in [2.24, 2.45) is 0 Å². The molecule has 0 bridgehead atoms. The number of piperidine rings is 1. The Labute approximate surface area is 150 Å². The summed E-state index contributed by atoms with van der Waals surface area (Å²) < 4.78 is 5.47. The molecular weight excluding hydrogens is 318 g/mol. The van der Waals surface area contributed by atoms with Crippen LogP contribution in [0.2, 0.25) is 0 Å². The number of nitrogens with one attached hydrogen (secondary N) is 1. The van der Waals surface area contributed by atoms with Gasteiger partial charge in [0, 0.05) is 32.2 Å². The molecule has 138 valence electrons. The molecule has 1 saturated heterocycles. The van der Waals surface area contributed by atoms with E-state index in [-0.39, 0.29) is 24.5 Å². The van der Waals surface area contributed by atoms with E-state index in [9.17, 15) is 9.59 Å². The Morgan fingerprint density at radius 1 is 1.24 bits per heavy atom. The number of ether oxygens (including phenoxy) is 1. The van der Waals surface area contributed by atoms with E-state index in [1.54, 1.807) is 38.4 Å². The van der Waals surface area contributed by atoms with Gasteiger partial charge in [0.1, 0.15) is 5.75 Å². The topological polar surface area (TPSA) is 61.9 Å². The first-order chi connectivity index (χ1) is 12.0. The van der Waals surface area contributed by atoms with Gasteiger partial charge in [0.2, 0.25) is 0 Å². The van der Waals surface area contributed by atoms with Crippen molar-refractivity contribution in [3.63, 3.8) is 0 Å². The van der Waals surface area contributed by atoms with Crippen molar-refractivity contribution in [1.82, 2.24) is 15.1 Å². The zero-order valence-electron chi connectivity index (χ0n) is 15.5. The van der Waals surface area contributed by atoms with E-state index in [1.165, 1.54) is 24.2 Å². The van der Waals surface area contributed by atoms with Crippen LogP contribution in [0.1, 0.15) is 36.5 Å². The lowest BCUT2D eigenvalue weighted by atomic mass is 10.1. The number of amides is 2. The number of carbonyl (C=O) groups is 2. The predicted molar refractivity (Wildman–Crippen MR) is 97.9 cm³/mol. The number of hydrogen-bond acceptors (Lipinski definition) is 4. The van der Waals surface area contributed by atoms with Gasteiger partial charge in [-0.1, -0.05) is 12.5 Å². The summed E-state index contributed by atoms with van der Waals surface area (Å²) >= 11 is 0. The second-order valence-electron chi connectivity index (χ2n) is 6.84. The Bertz CT molecular complexity index is 583. The highest BCUT2D eigenvalue weighted by Crippen LogP contribution is 2.14. The Morgan fingerprint density at radius 2 is 1.96 bits per heavy atom. The van der Waals surface area contributed by atoms with Gasteiger partial charge in [-0.05, 0) is 51.1 Å². The highest BCUT2D eigenvalue weighted by Gasteiger charge is 2.16. The standard InChI is InChI=1S/C19H29N3O3/c1-15(13-22-10-5-4-6-11-22)20-19(24)16-8-7-9-17(12-16)25-14-18(23)21(2)3/h7-9,12,15H,4-6,10-11,13-14H2,1-3H3,(H,20,24). The van der Waals surface area contributed by atoms with Crippen LogP contribution in [-0.2, 0) is 4.79 Å². The number of rotatable bonds is 7. The summed E-state index contributed by atoms with van der Waals surface area (Å²) in [6.07, 6.45) is 3.79. The summed E-state index contributed by atoms with van der Waals surface area (Å²) in [5.74, 6) is 0.283. The van der Waals surface area contributed by atoms with E-state index in [0.29, 0.717) is 11.3 Å². The molecule has 1 aliphatic heterocycles. The summed E-state index contributed by atoms with van der Waals surface area (Å²) in [6, 6.07) is 7.02. The van der Waals surface area contributed by atoms with Crippen LogP contribution in [0.5, 0.6) is 5.75 Å². The predicted octanol–water partition coefficient (Wildman–Crippen LogP) is 1.76. The number of hydrogen-bond donors (Lipinski definition) is 1. The zero-order valence-corrected chi connectivity index (χ0v) is 15.5. The second-order valence-corrected chi connectivity index (χ2v) is 6.84. The van der Waals surface area contributed by atoms with Crippen LogP contribution < -0.4 is 10.1 Å². The molecule has 1 aliphatic rings. The van der Waals surface area contributed by atoms with Crippen LogP contribution in [0.3, 0.4) is 0 Å². The van der Waals surface area contributed by atoms with Crippen molar-refractivity contribution in [2.75, 3.05) is 40.3 Å². The van der Waals surface area contributed by atoms with E-state index in [2.05, 4.69) is 10.2 Å². The molecule has 0 radical (unpaired) electrons. The van der Waals surface area contributed by atoms with Crippen molar-refractivity contribution >= 4 is 11.8 Å². The summed E-state index contributed by atoms with van der Waals surface area (Å²) in [6.45, 7) is 5.10. The largest absolute Gasteiger partial charge is 0.484 e. The summed E-state index contributed by atoms with van der Waals surface area (Å²) in [5, 5.41) is 3.04. The lowest BCUT2D eigenvalue weighted by molar-refractivity contribution is -0.130. The normalized spacial score (nSPS) is 16.1. The Morgan fingerprint density at radius 3 is 2.64 bits per heavy atom. The molecule has 6 heteroatoms. The number of likely N-dealkylation sites (N-methyl/N-ethyl adjacent to an activating group) is 1. The molecule has 0 aromatic heterocycles.